The van der Waals surface area contributed by atoms with Crippen LogP contribution in [0.3, 0.4) is 0 Å². The minimum atomic E-state index is -0.255. The van der Waals surface area contributed by atoms with E-state index in [-0.39, 0.29) is 30.2 Å². The predicted octanol–water partition coefficient (Wildman–Crippen LogP) is 3.75. The van der Waals surface area contributed by atoms with Crippen molar-refractivity contribution in [2.24, 2.45) is 0 Å². The second kappa shape index (κ2) is 11.7. The number of carbonyl (C=O) groups is 2. The van der Waals surface area contributed by atoms with Crippen molar-refractivity contribution in [3.63, 3.8) is 0 Å². The van der Waals surface area contributed by atoms with E-state index >= 15 is 0 Å². The maximum absolute atomic E-state index is 12.7. The van der Waals surface area contributed by atoms with E-state index in [1.165, 1.54) is 16.7 Å². The van der Waals surface area contributed by atoms with Gasteiger partial charge in [0, 0.05) is 24.7 Å². The number of benzene rings is 2. The van der Waals surface area contributed by atoms with Gasteiger partial charge in [0.05, 0.1) is 17.5 Å². The molecule has 0 saturated carbocycles. The molecule has 3 rings (SSSR count). The van der Waals surface area contributed by atoms with E-state index in [2.05, 4.69) is 15.5 Å². The number of halogens is 1. The van der Waals surface area contributed by atoms with Crippen molar-refractivity contribution in [1.29, 1.82) is 0 Å². The van der Waals surface area contributed by atoms with E-state index in [1.54, 1.807) is 43.2 Å². The van der Waals surface area contributed by atoms with Crippen LogP contribution in [0.4, 0.5) is 0 Å². The lowest BCUT2D eigenvalue weighted by atomic mass is 10.0. The van der Waals surface area contributed by atoms with E-state index in [0.717, 1.165) is 11.3 Å². The minimum absolute atomic E-state index is 0.0661. The molecular weight excluding hydrogens is 462 g/mol. The summed E-state index contributed by atoms with van der Waals surface area (Å²) >= 11 is 7.37. The Morgan fingerprint density at radius 1 is 1.21 bits per heavy atom. The molecule has 1 unspecified atom stereocenters. The van der Waals surface area contributed by atoms with Crippen molar-refractivity contribution >= 4 is 35.2 Å². The second-order valence-electron chi connectivity index (χ2n) is 7.40. The van der Waals surface area contributed by atoms with Crippen LogP contribution in [0.1, 0.15) is 24.9 Å². The Balaban J connectivity index is 1.64. The van der Waals surface area contributed by atoms with Crippen LogP contribution in [0.5, 0.6) is 5.75 Å². The molecule has 0 aliphatic carbocycles. The molecule has 2 aromatic carbocycles. The number of rotatable bonds is 10. The van der Waals surface area contributed by atoms with Gasteiger partial charge in [-0.2, -0.15) is 0 Å². The summed E-state index contributed by atoms with van der Waals surface area (Å²) in [4.78, 5) is 26.1. The first kappa shape index (κ1) is 24.6. The van der Waals surface area contributed by atoms with Gasteiger partial charge in [0.15, 0.2) is 11.8 Å². The standard InChI is InChI=1S/C23H26ClN5O3S/c1-4-19(18-10-5-6-11-20(18)32-13-22(31)28(2)3)26-21(30)14-33-23-27-25-15-29(23)17-9-7-8-16(24)12-17/h5-12,15,19H,4,13-14H2,1-3H3,(H,26,30). The summed E-state index contributed by atoms with van der Waals surface area (Å²) in [6.07, 6.45) is 2.25. The quantitative estimate of drug-likeness (QED) is 0.438. The summed E-state index contributed by atoms with van der Waals surface area (Å²) in [5.74, 6) is 0.458. The number of likely N-dealkylation sites (N-methyl/N-ethyl adjacent to an activating group) is 1. The number of thioether (sulfide) groups is 1. The highest BCUT2D eigenvalue weighted by Crippen LogP contribution is 2.28. The fraction of sp³-hybridized carbons (Fsp3) is 0.304. The number of hydrogen-bond donors (Lipinski definition) is 1. The molecule has 0 saturated heterocycles. The minimum Gasteiger partial charge on any atom is -0.483 e. The Morgan fingerprint density at radius 3 is 2.73 bits per heavy atom. The molecule has 8 nitrogen and oxygen atoms in total. The topological polar surface area (TPSA) is 89.4 Å². The molecule has 3 aromatic rings. The van der Waals surface area contributed by atoms with Crippen molar-refractivity contribution < 1.29 is 14.3 Å². The summed E-state index contributed by atoms with van der Waals surface area (Å²) < 4.78 is 7.52. The molecule has 0 spiro atoms. The van der Waals surface area contributed by atoms with Crippen LogP contribution >= 0.6 is 23.4 Å². The zero-order valence-electron chi connectivity index (χ0n) is 18.7. The lowest BCUT2D eigenvalue weighted by molar-refractivity contribution is -0.130. The van der Waals surface area contributed by atoms with Crippen molar-refractivity contribution in [1.82, 2.24) is 25.0 Å². The normalized spacial score (nSPS) is 11.6. The molecular formula is C23H26ClN5O3S. The van der Waals surface area contributed by atoms with Gasteiger partial charge in [-0.05, 0) is 30.7 Å². The molecule has 33 heavy (non-hydrogen) atoms. The fourth-order valence-corrected chi connectivity index (χ4v) is 3.98. The number of nitrogens with one attached hydrogen (secondary N) is 1. The number of nitrogens with zero attached hydrogens (tertiary/aromatic N) is 4. The van der Waals surface area contributed by atoms with Gasteiger partial charge in [0.25, 0.3) is 5.91 Å². The van der Waals surface area contributed by atoms with Crippen LogP contribution in [0.2, 0.25) is 5.02 Å². The van der Waals surface area contributed by atoms with E-state index in [9.17, 15) is 9.59 Å². The molecule has 1 atom stereocenters. The molecule has 0 aliphatic rings. The largest absolute Gasteiger partial charge is 0.483 e. The van der Waals surface area contributed by atoms with Gasteiger partial charge in [-0.25, -0.2) is 0 Å². The van der Waals surface area contributed by atoms with Crippen LogP contribution in [-0.4, -0.2) is 57.9 Å². The molecule has 1 aromatic heterocycles. The second-order valence-corrected chi connectivity index (χ2v) is 8.77. The summed E-state index contributed by atoms with van der Waals surface area (Å²) in [6, 6.07) is 14.5. The van der Waals surface area contributed by atoms with Gasteiger partial charge < -0.3 is 15.0 Å². The Bertz CT molecular complexity index is 1100. The highest BCUT2D eigenvalue weighted by molar-refractivity contribution is 7.99. The van der Waals surface area contributed by atoms with Gasteiger partial charge in [-0.1, -0.05) is 54.6 Å². The third kappa shape index (κ3) is 6.72. The number of carbonyl (C=O) groups excluding carboxylic acids is 2. The average molecular weight is 488 g/mol. The smallest absolute Gasteiger partial charge is 0.259 e. The van der Waals surface area contributed by atoms with E-state index in [4.69, 9.17) is 16.3 Å². The summed E-state index contributed by atoms with van der Waals surface area (Å²) in [5, 5.41) is 12.3. The fourth-order valence-electron chi connectivity index (χ4n) is 3.06. The van der Waals surface area contributed by atoms with Crippen LogP contribution in [-0.2, 0) is 9.59 Å². The Kier molecular flexibility index (Phi) is 8.73. The van der Waals surface area contributed by atoms with Crippen molar-refractivity contribution in [2.75, 3.05) is 26.5 Å². The zero-order valence-corrected chi connectivity index (χ0v) is 20.3. The van der Waals surface area contributed by atoms with Crippen LogP contribution in [0, 0.1) is 0 Å². The first-order valence-electron chi connectivity index (χ1n) is 10.4. The number of amides is 2. The summed E-state index contributed by atoms with van der Waals surface area (Å²) in [7, 11) is 3.36. The maximum Gasteiger partial charge on any atom is 0.259 e. The highest BCUT2D eigenvalue weighted by Gasteiger charge is 2.19. The van der Waals surface area contributed by atoms with Crippen molar-refractivity contribution in [3.05, 3.63) is 65.4 Å². The number of ether oxygens (including phenoxy) is 1. The maximum atomic E-state index is 12.7. The molecule has 174 valence electrons. The first-order chi connectivity index (χ1) is 15.9. The first-order valence-corrected chi connectivity index (χ1v) is 11.8. The third-order valence-electron chi connectivity index (χ3n) is 4.82. The molecule has 0 bridgehead atoms. The van der Waals surface area contributed by atoms with Crippen molar-refractivity contribution in [2.45, 2.75) is 24.5 Å². The lowest BCUT2D eigenvalue weighted by Crippen LogP contribution is -2.31. The van der Waals surface area contributed by atoms with Gasteiger partial charge in [0.2, 0.25) is 5.91 Å². The van der Waals surface area contributed by atoms with Gasteiger partial charge in [-0.3, -0.25) is 14.2 Å². The van der Waals surface area contributed by atoms with Gasteiger partial charge in [-0.15, -0.1) is 10.2 Å². The van der Waals surface area contributed by atoms with E-state index in [1.807, 2.05) is 37.3 Å². The van der Waals surface area contributed by atoms with E-state index < -0.39 is 0 Å². The SMILES string of the molecule is CCC(NC(=O)CSc1nncn1-c1cccc(Cl)c1)c1ccccc1OCC(=O)N(C)C. The molecule has 0 aliphatic heterocycles. The Labute approximate surface area is 202 Å². The zero-order chi connectivity index (χ0) is 23.8. The highest BCUT2D eigenvalue weighted by atomic mass is 35.5. The molecule has 0 radical (unpaired) electrons. The van der Waals surface area contributed by atoms with E-state index in [0.29, 0.717) is 22.3 Å². The molecule has 1 heterocycles. The molecule has 10 heteroatoms. The predicted molar refractivity (Wildman–Crippen MR) is 129 cm³/mol. The van der Waals surface area contributed by atoms with Crippen LogP contribution in [0.25, 0.3) is 5.69 Å². The Morgan fingerprint density at radius 2 is 2.00 bits per heavy atom. The number of aromatic nitrogens is 3. The van der Waals surface area contributed by atoms with Gasteiger partial charge >= 0.3 is 0 Å². The number of para-hydroxylation sites is 1. The number of hydrogen-bond acceptors (Lipinski definition) is 6. The molecule has 2 amide bonds. The summed E-state index contributed by atoms with van der Waals surface area (Å²) in [5.41, 5.74) is 1.65. The average Bonchev–Trinajstić information content (AvgIpc) is 3.28. The van der Waals surface area contributed by atoms with Crippen LogP contribution in [0.15, 0.2) is 60.0 Å². The summed E-state index contributed by atoms with van der Waals surface area (Å²) in [6.45, 7) is 1.92. The molecule has 0 fully saturated rings. The van der Waals surface area contributed by atoms with Crippen molar-refractivity contribution in [3.8, 4) is 11.4 Å². The molecule has 1 N–H and O–H groups in total. The van der Waals surface area contributed by atoms with Gasteiger partial charge in [0.1, 0.15) is 12.1 Å². The monoisotopic (exact) mass is 487 g/mol. The van der Waals surface area contributed by atoms with Crippen LogP contribution < -0.4 is 10.1 Å². The Hall–Kier alpha value is -3.04. The lowest BCUT2D eigenvalue weighted by Gasteiger charge is -2.21. The third-order valence-corrected chi connectivity index (χ3v) is 6.00.